The first-order chi connectivity index (χ1) is 7.61. The molecule has 1 aromatic carbocycles. The molecule has 1 rings (SSSR count). The van der Waals surface area contributed by atoms with Gasteiger partial charge in [-0.25, -0.2) is 0 Å². The van der Waals surface area contributed by atoms with Crippen molar-refractivity contribution in [3.8, 4) is 0 Å². The standard InChI is InChI=1S/C12H16N2O2/c1-10(2)7-8-13-9-11-5-3-4-6-12(11)14(15)16/h3-7,13H,8-9H2,1-2H3. The highest BCUT2D eigenvalue weighted by Gasteiger charge is 2.10. The fourth-order valence-electron chi connectivity index (χ4n) is 1.32. The number of para-hydroxylation sites is 1. The summed E-state index contributed by atoms with van der Waals surface area (Å²) in [6, 6.07) is 6.79. The van der Waals surface area contributed by atoms with Crippen LogP contribution < -0.4 is 5.32 Å². The molecule has 0 unspecified atom stereocenters. The predicted molar refractivity (Wildman–Crippen MR) is 64.2 cm³/mol. The Bertz CT molecular complexity index is 396. The average molecular weight is 220 g/mol. The first-order valence-corrected chi connectivity index (χ1v) is 5.17. The molecule has 16 heavy (non-hydrogen) atoms. The van der Waals surface area contributed by atoms with E-state index in [9.17, 15) is 10.1 Å². The molecule has 0 saturated carbocycles. The van der Waals surface area contributed by atoms with Crippen LogP contribution in [0.3, 0.4) is 0 Å². The van der Waals surface area contributed by atoms with Crippen LogP contribution in [0.5, 0.6) is 0 Å². The fraction of sp³-hybridized carbons (Fsp3) is 0.333. The first-order valence-electron chi connectivity index (χ1n) is 5.17. The van der Waals surface area contributed by atoms with E-state index in [1.54, 1.807) is 12.1 Å². The fourth-order valence-corrected chi connectivity index (χ4v) is 1.32. The van der Waals surface area contributed by atoms with E-state index in [0.717, 1.165) is 12.1 Å². The van der Waals surface area contributed by atoms with E-state index in [2.05, 4.69) is 11.4 Å². The Labute approximate surface area is 95.1 Å². The van der Waals surface area contributed by atoms with Gasteiger partial charge in [0.1, 0.15) is 0 Å². The van der Waals surface area contributed by atoms with Crippen molar-refractivity contribution in [1.82, 2.24) is 5.32 Å². The van der Waals surface area contributed by atoms with Crippen molar-refractivity contribution in [3.05, 3.63) is 51.6 Å². The third-order valence-corrected chi connectivity index (χ3v) is 2.16. The highest BCUT2D eigenvalue weighted by molar-refractivity contribution is 5.39. The lowest BCUT2D eigenvalue weighted by molar-refractivity contribution is -0.385. The molecule has 1 N–H and O–H groups in total. The Hall–Kier alpha value is -1.68. The molecule has 0 aliphatic carbocycles. The summed E-state index contributed by atoms with van der Waals surface area (Å²) in [6.07, 6.45) is 2.05. The summed E-state index contributed by atoms with van der Waals surface area (Å²) in [5, 5.41) is 13.9. The minimum absolute atomic E-state index is 0.173. The van der Waals surface area contributed by atoms with E-state index in [1.165, 1.54) is 11.6 Å². The molecule has 86 valence electrons. The van der Waals surface area contributed by atoms with E-state index in [-0.39, 0.29) is 10.6 Å². The molecule has 0 aliphatic heterocycles. The number of nitro benzene ring substituents is 1. The van der Waals surface area contributed by atoms with Crippen molar-refractivity contribution < 1.29 is 4.92 Å². The van der Waals surface area contributed by atoms with Gasteiger partial charge in [-0.3, -0.25) is 10.1 Å². The van der Waals surface area contributed by atoms with E-state index >= 15 is 0 Å². The molecule has 0 amide bonds. The Morgan fingerprint density at radius 1 is 1.44 bits per heavy atom. The van der Waals surface area contributed by atoms with Crippen LogP contribution in [0.1, 0.15) is 19.4 Å². The molecule has 0 fully saturated rings. The minimum Gasteiger partial charge on any atom is -0.309 e. The van der Waals surface area contributed by atoms with Crippen LogP contribution in [0, 0.1) is 10.1 Å². The highest BCUT2D eigenvalue weighted by atomic mass is 16.6. The molecular weight excluding hydrogens is 204 g/mol. The van der Waals surface area contributed by atoms with Gasteiger partial charge in [0.15, 0.2) is 0 Å². The number of nitrogens with zero attached hydrogens (tertiary/aromatic N) is 1. The van der Waals surface area contributed by atoms with Crippen LogP contribution in [0.25, 0.3) is 0 Å². The number of nitro groups is 1. The van der Waals surface area contributed by atoms with Gasteiger partial charge in [0.25, 0.3) is 5.69 Å². The van der Waals surface area contributed by atoms with Crippen molar-refractivity contribution in [3.63, 3.8) is 0 Å². The molecule has 0 atom stereocenters. The third-order valence-electron chi connectivity index (χ3n) is 2.16. The van der Waals surface area contributed by atoms with Crippen LogP contribution in [-0.2, 0) is 6.54 Å². The summed E-state index contributed by atoms with van der Waals surface area (Å²) in [7, 11) is 0. The Morgan fingerprint density at radius 3 is 2.75 bits per heavy atom. The second kappa shape index (κ2) is 6.02. The predicted octanol–water partition coefficient (Wildman–Crippen LogP) is 2.65. The van der Waals surface area contributed by atoms with Gasteiger partial charge in [0, 0.05) is 24.7 Å². The number of allylic oxidation sites excluding steroid dienone is 1. The summed E-state index contributed by atoms with van der Waals surface area (Å²) in [5.74, 6) is 0. The SMILES string of the molecule is CC(C)=CCNCc1ccccc1[N+](=O)[O-]. The Morgan fingerprint density at radius 2 is 2.12 bits per heavy atom. The van der Waals surface area contributed by atoms with Gasteiger partial charge in [-0.15, -0.1) is 0 Å². The van der Waals surface area contributed by atoms with Gasteiger partial charge >= 0.3 is 0 Å². The van der Waals surface area contributed by atoms with Gasteiger partial charge in [-0.1, -0.05) is 29.8 Å². The monoisotopic (exact) mass is 220 g/mol. The van der Waals surface area contributed by atoms with Crippen molar-refractivity contribution in [2.24, 2.45) is 0 Å². The molecule has 0 aromatic heterocycles. The maximum atomic E-state index is 10.7. The lowest BCUT2D eigenvalue weighted by atomic mass is 10.2. The average Bonchev–Trinajstić information content (AvgIpc) is 2.24. The molecule has 0 aliphatic rings. The summed E-state index contributed by atoms with van der Waals surface area (Å²) >= 11 is 0. The molecule has 4 nitrogen and oxygen atoms in total. The van der Waals surface area contributed by atoms with Crippen molar-refractivity contribution >= 4 is 5.69 Å². The van der Waals surface area contributed by atoms with Crippen LogP contribution in [0.15, 0.2) is 35.9 Å². The van der Waals surface area contributed by atoms with E-state index < -0.39 is 0 Å². The van der Waals surface area contributed by atoms with Crippen LogP contribution in [-0.4, -0.2) is 11.5 Å². The van der Waals surface area contributed by atoms with Crippen molar-refractivity contribution in [2.45, 2.75) is 20.4 Å². The Balaban J connectivity index is 2.60. The van der Waals surface area contributed by atoms with Gasteiger partial charge in [0.05, 0.1) is 4.92 Å². The summed E-state index contributed by atoms with van der Waals surface area (Å²) < 4.78 is 0. The molecule has 0 spiro atoms. The number of hydrogen-bond donors (Lipinski definition) is 1. The highest BCUT2D eigenvalue weighted by Crippen LogP contribution is 2.16. The topological polar surface area (TPSA) is 55.2 Å². The molecular formula is C12H16N2O2. The number of nitrogens with one attached hydrogen (secondary N) is 1. The third kappa shape index (κ3) is 3.82. The summed E-state index contributed by atoms with van der Waals surface area (Å²) in [5.41, 5.74) is 2.12. The first kappa shape index (κ1) is 12.4. The zero-order chi connectivity index (χ0) is 12.0. The smallest absolute Gasteiger partial charge is 0.273 e. The van der Waals surface area contributed by atoms with Gasteiger partial charge in [-0.2, -0.15) is 0 Å². The van der Waals surface area contributed by atoms with Gasteiger partial charge in [-0.05, 0) is 13.8 Å². The number of benzene rings is 1. The molecule has 4 heteroatoms. The minimum atomic E-state index is -0.349. The maximum Gasteiger partial charge on any atom is 0.273 e. The lowest BCUT2D eigenvalue weighted by Gasteiger charge is -2.03. The Kier molecular flexibility index (Phi) is 4.66. The molecule has 0 bridgehead atoms. The van der Waals surface area contributed by atoms with Crippen molar-refractivity contribution in [2.75, 3.05) is 6.54 Å². The summed E-state index contributed by atoms with van der Waals surface area (Å²) in [6.45, 7) is 5.29. The van der Waals surface area contributed by atoms with Crippen LogP contribution in [0.4, 0.5) is 5.69 Å². The molecule has 0 saturated heterocycles. The van der Waals surface area contributed by atoms with E-state index in [1.807, 2.05) is 19.9 Å². The van der Waals surface area contributed by atoms with Gasteiger partial charge in [0.2, 0.25) is 0 Å². The van der Waals surface area contributed by atoms with Crippen LogP contribution in [0.2, 0.25) is 0 Å². The maximum absolute atomic E-state index is 10.7. The van der Waals surface area contributed by atoms with Gasteiger partial charge < -0.3 is 5.32 Å². The molecule has 1 aromatic rings. The zero-order valence-corrected chi connectivity index (χ0v) is 9.56. The zero-order valence-electron chi connectivity index (χ0n) is 9.56. The normalized spacial score (nSPS) is 9.88. The van der Waals surface area contributed by atoms with Crippen molar-refractivity contribution in [1.29, 1.82) is 0 Å². The molecule has 0 radical (unpaired) electrons. The van der Waals surface area contributed by atoms with Crippen LogP contribution >= 0.6 is 0 Å². The van der Waals surface area contributed by atoms with E-state index in [4.69, 9.17) is 0 Å². The molecule has 0 heterocycles. The van der Waals surface area contributed by atoms with E-state index in [0.29, 0.717) is 6.54 Å². The number of rotatable bonds is 5. The number of hydrogen-bond acceptors (Lipinski definition) is 3. The lowest BCUT2D eigenvalue weighted by Crippen LogP contribution is -2.14. The quantitative estimate of drug-likeness (QED) is 0.359. The summed E-state index contributed by atoms with van der Waals surface area (Å²) in [4.78, 5) is 10.4. The second-order valence-electron chi connectivity index (χ2n) is 3.80. The second-order valence-corrected chi connectivity index (χ2v) is 3.80. The largest absolute Gasteiger partial charge is 0.309 e.